The second-order valence-electron chi connectivity index (χ2n) is 4.43. The monoisotopic (exact) mass is 240 g/mol. The molecular formula is C13H24N2O2. The lowest BCUT2D eigenvalue weighted by atomic mass is 10.3. The number of carbonyl (C=O) groups is 1. The van der Waals surface area contributed by atoms with Crippen LogP contribution in [-0.2, 0) is 9.53 Å². The number of esters is 1. The second-order valence-corrected chi connectivity index (χ2v) is 4.43. The van der Waals surface area contributed by atoms with E-state index in [9.17, 15) is 4.79 Å². The molecule has 0 aromatic heterocycles. The molecule has 0 aliphatic carbocycles. The molecule has 0 unspecified atom stereocenters. The van der Waals surface area contributed by atoms with Crippen molar-refractivity contribution < 1.29 is 9.53 Å². The number of ether oxygens (including phenoxy) is 1. The predicted octanol–water partition coefficient (Wildman–Crippen LogP) is 2.18. The van der Waals surface area contributed by atoms with Crippen molar-refractivity contribution in [2.24, 2.45) is 0 Å². The maximum atomic E-state index is 11.5. The summed E-state index contributed by atoms with van der Waals surface area (Å²) in [4.78, 5) is 15.7. The Morgan fingerprint density at radius 3 is 2.59 bits per heavy atom. The molecule has 0 aromatic rings. The van der Waals surface area contributed by atoms with Gasteiger partial charge in [-0.3, -0.25) is 4.79 Å². The number of hydrogen-bond donors (Lipinski definition) is 0. The Morgan fingerprint density at radius 2 is 1.88 bits per heavy atom. The molecule has 0 fully saturated rings. The lowest BCUT2D eigenvalue weighted by Crippen LogP contribution is -2.31. The van der Waals surface area contributed by atoms with Gasteiger partial charge in [0.15, 0.2) is 0 Å². The van der Waals surface area contributed by atoms with Crippen LogP contribution >= 0.6 is 0 Å². The molecule has 1 rings (SSSR count). The third-order valence-electron chi connectivity index (χ3n) is 2.74. The third-order valence-corrected chi connectivity index (χ3v) is 2.74. The lowest BCUT2D eigenvalue weighted by Gasteiger charge is -2.20. The van der Waals surface area contributed by atoms with E-state index >= 15 is 0 Å². The zero-order valence-electron chi connectivity index (χ0n) is 11.0. The van der Waals surface area contributed by atoms with Crippen LogP contribution in [0.25, 0.3) is 0 Å². The summed E-state index contributed by atoms with van der Waals surface area (Å²) in [6.07, 6.45) is 8.42. The van der Waals surface area contributed by atoms with E-state index in [0.29, 0.717) is 13.2 Å². The smallest absolute Gasteiger partial charge is 0.325 e. The van der Waals surface area contributed by atoms with E-state index in [0.717, 1.165) is 26.1 Å². The van der Waals surface area contributed by atoms with Gasteiger partial charge in [-0.25, -0.2) is 0 Å². The van der Waals surface area contributed by atoms with Gasteiger partial charge in [-0.15, -0.1) is 0 Å². The molecule has 17 heavy (non-hydrogen) atoms. The van der Waals surface area contributed by atoms with Gasteiger partial charge in [0.05, 0.1) is 13.3 Å². The van der Waals surface area contributed by atoms with E-state index in [4.69, 9.17) is 4.74 Å². The molecule has 0 bridgehead atoms. The summed E-state index contributed by atoms with van der Waals surface area (Å²) < 4.78 is 5.13. The Kier molecular flexibility index (Phi) is 6.51. The fraction of sp³-hybridized carbons (Fsp3) is 0.769. The molecule has 1 heterocycles. The zero-order chi connectivity index (χ0) is 12.5. The minimum Gasteiger partial charge on any atom is -0.464 e. The van der Waals surface area contributed by atoms with Crippen LogP contribution in [0.3, 0.4) is 0 Å². The molecule has 4 nitrogen and oxygen atoms in total. The summed E-state index contributed by atoms with van der Waals surface area (Å²) in [5.41, 5.74) is 0. The average Bonchev–Trinajstić information content (AvgIpc) is 2.74. The average molecular weight is 240 g/mol. The van der Waals surface area contributed by atoms with Crippen LogP contribution in [0.2, 0.25) is 0 Å². The van der Waals surface area contributed by atoms with Crippen LogP contribution in [0.15, 0.2) is 12.4 Å². The summed E-state index contributed by atoms with van der Waals surface area (Å²) >= 11 is 0. The molecule has 0 amide bonds. The van der Waals surface area contributed by atoms with Crippen molar-refractivity contribution in [3.63, 3.8) is 0 Å². The number of nitrogens with zero attached hydrogens (tertiary/aromatic N) is 2. The van der Waals surface area contributed by atoms with E-state index in [-0.39, 0.29) is 5.97 Å². The van der Waals surface area contributed by atoms with Crippen molar-refractivity contribution in [1.29, 1.82) is 0 Å². The van der Waals surface area contributed by atoms with Gasteiger partial charge in [-0.1, -0.05) is 26.7 Å². The van der Waals surface area contributed by atoms with Crippen molar-refractivity contribution in [1.82, 2.24) is 9.80 Å². The minimum absolute atomic E-state index is 0.125. The Labute approximate surface area is 104 Å². The topological polar surface area (TPSA) is 32.8 Å². The molecule has 1 aliphatic rings. The van der Waals surface area contributed by atoms with Crippen LogP contribution in [0.5, 0.6) is 0 Å². The van der Waals surface area contributed by atoms with Crippen LogP contribution in [0.4, 0.5) is 0 Å². The fourth-order valence-corrected chi connectivity index (χ4v) is 1.67. The lowest BCUT2D eigenvalue weighted by molar-refractivity contribution is -0.144. The highest BCUT2D eigenvalue weighted by Crippen LogP contribution is 2.07. The molecule has 0 atom stereocenters. The predicted molar refractivity (Wildman–Crippen MR) is 68.2 cm³/mol. The van der Waals surface area contributed by atoms with Gasteiger partial charge in [-0.2, -0.15) is 0 Å². The van der Waals surface area contributed by atoms with Crippen molar-refractivity contribution >= 4 is 5.97 Å². The van der Waals surface area contributed by atoms with E-state index < -0.39 is 0 Å². The highest BCUT2D eigenvalue weighted by molar-refractivity contribution is 5.71. The van der Waals surface area contributed by atoms with Crippen LogP contribution in [0, 0.1) is 0 Å². The molecule has 98 valence electrons. The summed E-state index contributed by atoms with van der Waals surface area (Å²) in [7, 11) is 0. The number of hydrogen-bond acceptors (Lipinski definition) is 4. The van der Waals surface area contributed by atoms with Crippen LogP contribution in [-0.4, -0.2) is 42.1 Å². The minimum atomic E-state index is -0.125. The first kappa shape index (κ1) is 13.9. The third kappa shape index (κ3) is 5.61. The molecule has 0 saturated heterocycles. The molecule has 0 radical (unpaired) electrons. The standard InChI is InChI=1S/C13H24N2O2/c1-3-5-7-14-8-9-15(12-14)11-13(16)17-10-6-4-2/h8-9H,3-7,10-12H2,1-2H3. The number of rotatable bonds is 8. The summed E-state index contributed by atoms with van der Waals surface area (Å²) in [6.45, 7) is 7.05. The van der Waals surface area contributed by atoms with Crippen LogP contribution in [0.1, 0.15) is 39.5 Å². The van der Waals surface area contributed by atoms with Crippen molar-refractivity contribution in [2.75, 3.05) is 26.4 Å². The second kappa shape index (κ2) is 7.98. The van der Waals surface area contributed by atoms with Gasteiger partial charge in [0.2, 0.25) is 0 Å². The van der Waals surface area contributed by atoms with Gasteiger partial charge >= 0.3 is 5.97 Å². The molecule has 0 N–H and O–H groups in total. The summed E-state index contributed by atoms with van der Waals surface area (Å²) in [5, 5.41) is 0. The first-order chi connectivity index (χ1) is 8.26. The Bertz CT molecular complexity index is 254. The fourth-order valence-electron chi connectivity index (χ4n) is 1.67. The van der Waals surface area contributed by atoms with Gasteiger partial charge in [0.25, 0.3) is 0 Å². The summed E-state index contributed by atoms with van der Waals surface area (Å²) in [6, 6.07) is 0. The van der Waals surface area contributed by atoms with Gasteiger partial charge in [-0.05, 0) is 12.8 Å². The van der Waals surface area contributed by atoms with E-state index in [1.54, 1.807) is 0 Å². The van der Waals surface area contributed by atoms with E-state index in [2.05, 4.69) is 24.9 Å². The van der Waals surface area contributed by atoms with Crippen LogP contribution < -0.4 is 0 Å². The quantitative estimate of drug-likeness (QED) is 0.481. The van der Waals surface area contributed by atoms with E-state index in [1.165, 1.54) is 12.8 Å². The number of carbonyl (C=O) groups excluding carboxylic acids is 1. The maximum Gasteiger partial charge on any atom is 0.325 e. The SMILES string of the molecule is CCCCOC(=O)CN1C=CN(CCCC)C1. The van der Waals surface area contributed by atoms with Gasteiger partial charge in [0, 0.05) is 18.9 Å². The zero-order valence-corrected chi connectivity index (χ0v) is 11.0. The van der Waals surface area contributed by atoms with Crippen molar-refractivity contribution in [2.45, 2.75) is 39.5 Å². The molecule has 0 spiro atoms. The Hall–Kier alpha value is -1.19. The molecule has 4 heteroatoms. The van der Waals surface area contributed by atoms with Gasteiger partial charge in [0.1, 0.15) is 6.54 Å². The molecule has 1 aliphatic heterocycles. The first-order valence-corrected chi connectivity index (χ1v) is 6.58. The van der Waals surface area contributed by atoms with Gasteiger partial charge < -0.3 is 14.5 Å². The Balaban J connectivity index is 2.13. The molecular weight excluding hydrogens is 216 g/mol. The molecule has 0 aromatic carbocycles. The Morgan fingerprint density at radius 1 is 1.18 bits per heavy atom. The normalized spacial score (nSPS) is 14.5. The first-order valence-electron chi connectivity index (χ1n) is 6.58. The summed E-state index contributed by atoms with van der Waals surface area (Å²) in [5.74, 6) is -0.125. The highest BCUT2D eigenvalue weighted by Gasteiger charge is 2.15. The maximum absolute atomic E-state index is 11.5. The molecule has 0 saturated carbocycles. The van der Waals surface area contributed by atoms with E-state index in [1.807, 2.05) is 11.1 Å². The number of unbranched alkanes of at least 4 members (excludes halogenated alkanes) is 2. The van der Waals surface area contributed by atoms with Crippen molar-refractivity contribution in [3.05, 3.63) is 12.4 Å². The largest absolute Gasteiger partial charge is 0.464 e. The van der Waals surface area contributed by atoms with Crippen molar-refractivity contribution in [3.8, 4) is 0 Å². The highest BCUT2D eigenvalue weighted by atomic mass is 16.5.